The third-order valence-electron chi connectivity index (χ3n) is 4.17. The molecule has 1 saturated carbocycles. The molecule has 0 amide bonds. The Balaban J connectivity index is 2.40. The van der Waals surface area contributed by atoms with Crippen molar-refractivity contribution in [2.75, 3.05) is 6.61 Å². The summed E-state index contributed by atoms with van der Waals surface area (Å²) >= 11 is 0. The topological polar surface area (TPSA) is 88.7 Å². The summed E-state index contributed by atoms with van der Waals surface area (Å²) < 4.78 is 4.99. The largest absolute Gasteiger partial charge is 0.457 e. The summed E-state index contributed by atoms with van der Waals surface area (Å²) in [6.07, 6.45) is 3.40. The molecule has 21 heavy (non-hydrogen) atoms. The van der Waals surface area contributed by atoms with Crippen molar-refractivity contribution in [3.8, 4) is 0 Å². The molecule has 0 spiro atoms. The zero-order valence-corrected chi connectivity index (χ0v) is 12.3. The second-order valence-electron chi connectivity index (χ2n) is 5.42. The lowest BCUT2D eigenvalue weighted by Gasteiger charge is -2.37. The highest BCUT2D eigenvalue weighted by Gasteiger charge is 2.51. The fourth-order valence-electron chi connectivity index (χ4n) is 3.15. The molecule has 5 heteroatoms. The van der Waals surface area contributed by atoms with Crippen molar-refractivity contribution >= 4 is 11.7 Å². The van der Waals surface area contributed by atoms with Crippen molar-refractivity contribution in [2.45, 2.75) is 44.1 Å². The molecule has 5 nitrogen and oxygen atoms in total. The van der Waals surface area contributed by atoms with Gasteiger partial charge < -0.3 is 16.0 Å². The lowest BCUT2D eigenvalue weighted by Crippen LogP contribution is -2.57. The van der Waals surface area contributed by atoms with Gasteiger partial charge in [-0.05, 0) is 25.3 Å². The Morgan fingerprint density at radius 2 is 2.14 bits per heavy atom. The minimum atomic E-state index is -0.986. The Bertz CT molecular complexity index is 552. The van der Waals surface area contributed by atoms with Gasteiger partial charge in [-0.25, -0.2) is 4.79 Å². The van der Waals surface area contributed by atoms with Crippen molar-refractivity contribution in [1.82, 2.24) is 0 Å². The van der Waals surface area contributed by atoms with Gasteiger partial charge in [0.05, 0.1) is 6.61 Å². The number of benzene rings is 1. The van der Waals surface area contributed by atoms with Crippen LogP contribution in [0.15, 0.2) is 30.3 Å². The van der Waals surface area contributed by atoms with E-state index < -0.39 is 11.5 Å². The van der Waals surface area contributed by atoms with Gasteiger partial charge in [0.1, 0.15) is 5.54 Å². The Kier molecular flexibility index (Phi) is 4.89. The second kappa shape index (κ2) is 6.66. The van der Waals surface area contributed by atoms with Crippen LogP contribution in [0.1, 0.15) is 44.1 Å². The molecule has 1 aliphatic rings. The standard InChI is InChI=1S/C16H21N3O2/c1-2-21-15(20)14(19-18)16(17)11-7-6-10-13(16)12-8-4-3-5-9-12/h3-5,8-9,13H,2,6-7,10-11,17H2,1H3. The highest BCUT2D eigenvalue weighted by Crippen LogP contribution is 2.40. The molecule has 2 rings (SSSR count). The zero-order chi connectivity index (χ0) is 15.3. The third kappa shape index (κ3) is 3.04. The van der Waals surface area contributed by atoms with E-state index in [9.17, 15) is 10.3 Å². The normalized spacial score (nSPS) is 25.0. The van der Waals surface area contributed by atoms with E-state index in [4.69, 9.17) is 10.5 Å². The molecule has 0 aromatic heterocycles. The van der Waals surface area contributed by atoms with Gasteiger partial charge in [0.15, 0.2) is 0 Å². The van der Waals surface area contributed by atoms with Crippen LogP contribution in [0.3, 0.4) is 0 Å². The Hall–Kier alpha value is -1.97. The van der Waals surface area contributed by atoms with Crippen molar-refractivity contribution in [2.24, 2.45) is 5.73 Å². The predicted molar refractivity (Wildman–Crippen MR) is 79.8 cm³/mol. The molecule has 0 radical (unpaired) electrons. The molecule has 2 atom stereocenters. The van der Waals surface area contributed by atoms with Crippen LogP contribution >= 0.6 is 0 Å². The molecule has 1 aliphatic carbocycles. The molecule has 0 saturated heterocycles. The monoisotopic (exact) mass is 287 g/mol. The van der Waals surface area contributed by atoms with Crippen LogP contribution in [0.2, 0.25) is 0 Å². The lowest BCUT2D eigenvalue weighted by molar-refractivity contribution is -0.141. The van der Waals surface area contributed by atoms with E-state index in [1.807, 2.05) is 30.3 Å². The molecular weight excluding hydrogens is 266 g/mol. The molecule has 2 unspecified atom stereocenters. The summed E-state index contributed by atoms with van der Waals surface area (Å²) in [6.45, 7) is 1.94. The van der Waals surface area contributed by atoms with Gasteiger partial charge in [-0.1, -0.05) is 43.2 Å². The molecular formula is C16H21N3O2. The third-order valence-corrected chi connectivity index (χ3v) is 4.17. The van der Waals surface area contributed by atoms with Gasteiger partial charge in [-0.2, -0.15) is 4.79 Å². The lowest BCUT2D eigenvalue weighted by atomic mass is 9.67. The number of carbonyl (C=O) groups is 1. The number of carbonyl (C=O) groups excluding carboxylic acids is 1. The second-order valence-corrected chi connectivity index (χ2v) is 5.42. The average Bonchev–Trinajstić information content (AvgIpc) is 2.49. The Morgan fingerprint density at radius 3 is 2.76 bits per heavy atom. The number of ether oxygens (including phenoxy) is 1. The predicted octanol–water partition coefficient (Wildman–Crippen LogP) is 2.28. The van der Waals surface area contributed by atoms with Gasteiger partial charge in [-0.3, -0.25) is 0 Å². The van der Waals surface area contributed by atoms with Crippen molar-refractivity contribution < 1.29 is 14.3 Å². The van der Waals surface area contributed by atoms with Crippen molar-refractivity contribution in [1.29, 1.82) is 0 Å². The number of hydrogen-bond donors (Lipinski definition) is 1. The number of nitrogens with two attached hydrogens (primary N) is 1. The smallest absolute Gasteiger partial charge is 0.419 e. The molecule has 112 valence electrons. The van der Waals surface area contributed by atoms with Crippen LogP contribution in [0.4, 0.5) is 0 Å². The molecule has 1 fully saturated rings. The van der Waals surface area contributed by atoms with Gasteiger partial charge >= 0.3 is 11.7 Å². The Labute approximate surface area is 124 Å². The summed E-state index contributed by atoms with van der Waals surface area (Å²) in [6, 6.07) is 9.83. The minimum absolute atomic E-state index is 0.0530. The fourth-order valence-corrected chi connectivity index (χ4v) is 3.15. The van der Waals surface area contributed by atoms with Gasteiger partial charge in [0.25, 0.3) is 0 Å². The molecule has 1 aromatic carbocycles. The zero-order valence-electron chi connectivity index (χ0n) is 12.3. The van der Waals surface area contributed by atoms with E-state index >= 15 is 0 Å². The quantitative estimate of drug-likeness (QED) is 0.399. The summed E-state index contributed by atoms with van der Waals surface area (Å²) in [5.41, 5.74) is 15.8. The summed E-state index contributed by atoms with van der Waals surface area (Å²) in [5.74, 6) is -0.687. The molecule has 1 aromatic rings. The van der Waals surface area contributed by atoms with Crippen LogP contribution in [0.25, 0.3) is 5.53 Å². The van der Waals surface area contributed by atoms with Gasteiger partial charge in [0.2, 0.25) is 0 Å². The number of nitrogens with zero attached hydrogens (tertiary/aromatic N) is 2. The van der Waals surface area contributed by atoms with Gasteiger partial charge in [-0.15, -0.1) is 0 Å². The van der Waals surface area contributed by atoms with Crippen LogP contribution in [0.5, 0.6) is 0 Å². The first-order valence-corrected chi connectivity index (χ1v) is 7.37. The molecule has 2 N–H and O–H groups in total. The van der Waals surface area contributed by atoms with Gasteiger partial charge in [0, 0.05) is 5.92 Å². The SMILES string of the molecule is CCOC(=O)C(=[N+]=[N-])C1(N)CCCCC1c1ccccc1. The summed E-state index contributed by atoms with van der Waals surface area (Å²) in [7, 11) is 0. The summed E-state index contributed by atoms with van der Waals surface area (Å²) in [5, 5.41) is 0. The van der Waals surface area contributed by atoms with E-state index in [-0.39, 0.29) is 18.2 Å². The van der Waals surface area contributed by atoms with Crippen LogP contribution < -0.4 is 5.73 Å². The van der Waals surface area contributed by atoms with Crippen LogP contribution in [-0.4, -0.2) is 28.6 Å². The van der Waals surface area contributed by atoms with Crippen LogP contribution in [-0.2, 0) is 9.53 Å². The van der Waals surface area contributed by atoms with Crippen molar-refractivity contribution in [3.63, 3.8) is 0 Å². The average molecular weight is 287 g/mol. The van der Waals surface area contributed by atoms with Crippen molar-refractivity contribution in [3.05, 3.63) is 41.4 Å². The minimum Gasteiger partial charge on any atom is -0.457 e. The first kappa shape index (κ1) is 15.4. The number of rotatable bonds is 4. The Morgan fingerprint density at radius 1 is 1.43 bits per heavy atom. The number of hydrogen-bond acceptors (Lipinski definition) is 3. The van der Waals surface area contributed by atoms with E-state index in [2.05, 4.69) is 4.79 Å². The van der Waals surface area contributed by atoms with E-state index in [1.54, 1.807) is 6.92 Å². The fraction of sp³-hybridized carbons (Fsp3) is 0.500. The first-order valence-electron chi connectivity index (χ1n) is 7.37. The molecule has 0 bridgehead atoms. The maximum absolute atomic E-state index is 12.1. The highest BCUT2D eigenvalue weighted by atomic mass is 16.5. The van der Waals surface area contributed by atoms with E-state index in [0.717, 1.165) is 24.8 Å². The van der Waals surface area contributed by atoms with E-state index in [0.29, 0.717) is 6.42 Å². The molecule has 0 heterocycles. The maximum Gasteiger partial charge on any atom is 0.419 e. The van der Waals surface area contributed by atoms with E-state index in [1.165, 1.54) is 0 Å². The summed E-state index contributed by atoms with van der Waals surface area (Å²) in [4.78, 5) is 15.3. The number of esters is 1. The maximum atomic E-state index is 12.1. The van der Waals surface area contributed by atoms with Crippen LogP contribution in [0, 0.1) is 0 Å². The highest BCUT2D eigenvalue weighted by molar-refractivity contribution is 6.37. The molecule has 0 aliphatic heterocycles. The first-order chi connectivity index (χ1) is 10.1.